The van der Waals surface area contributed by atoms with E-state index in [1.54, 1.807) is 6.92 Å². The predicted octanol–water partition coefficient (Wildman–Crippen LogP) is 2.18. The van der Waals surface area contributed by atoms with Crippen LogP contribution < -0.4 is 4.90 Å². The summed E-state index contributed by atoms with van der Waals surface area (Å²) in [7, 11) is 0. The van der Waals surface area contributed by atoms with E-state index >= 15 is 0 Å². The van der Waals surface area contributed by atoms with Crippen LogP contribution in [0.15, 0.2) is 12.1 Å². The third-order valence-corrected chi connectivity index (χ3v) is 2.94. The summed E-state index contributed by atoms with van der Waals surface area (Å²) in [6, 6.07) is 2.30. The highest BCUT2D eigenvalue weighted by atomic mass is 19.1. The number of carboxylic acid groups (broad SMARTS) is 1. The zero-order valence-corrected chi connectivity index (χ0v) is 9.94. The zero-order valence-electron chi connectivity index (χ0n) is 9.94. The minimum absolute atomic E-state index is 0.00639. The van der Waals surface area contributed by atoms with Crippen molar-refractivity contribution in [3.05, 3.63) is 29.1 Å². The van der Waals surface area contributed by atoms with Crippen molar-refractivity contribution in [2.45, 2.75) is 19.9 Å². The predicted molar refractivity (Wildman–Crippen MR) is 61.4 cm³/mol. The molecule has 1 aliphatic rings. The van der Waals surface area contributed by atoms with E-state index in [4.69, 9.17) is 9.84 Å². The van der Waals surface area contributed by atoms with E-state index in [2.05, 4.69) is 0 Å². The van der Waals surface area contributed by atoms with Gasteiger partial charge in [0.05, 0.1) is 17.3 Å². The normalized spacial score (nSPS) is 18.9. The highest BCUT2D eigenvalue weighted by Crippen LogP contribution is 2.29. The van der Waals surface area contributed by atoms with Gasteiger partial charge in [0.1, 0.15) is 6.61 Å². The number of hydrogen-bond acceptors (Lipinski definition) is 3. The van der Waals surface area contributed by atoms with Crippen molar-refractivity contribution in [2.75, 3.05) is 11.5 Å². The number of carboxylic acids is 1. The van der Waals surface area contributed by atoms with Gasteiger partial charge < -0.3 is 9.84 Å². The second-order valence-electron chi connectivity index (χ2n) is 4.17. The Morgan fingerprint density at radius 3 is 2.72 bits per heavy atom. The van der Waals surface area contributed by atoms with Crippen LogP contribution in [-0.4, -0.2) is 29.8 Å². The first-order valence-corrected chi connectivity index (χ1v) is 5.42. The molecule has 2 rings (SSSR count). The fourth-order valence-electron chi connectivity index (χ4n) is 1.94. The van der Waals surface area contributed by atoms with Crippen molar-refractivity contribution in [1.82, 2.24) is 0 Å². The van der Waals surface area contributed by atoms with Crippen molar-refractivity contribution in [2.24, 2.45) is 0 Å². The van der Waals surface area contributed by atoms with Crippen LogP contribution in [-0.2, 0) is 4.74 Å². The molecule has 96 valence electrons. The summed E-state index contributed by atoms with van der Waals surface area (Å²) >= 11 is 0. The Morgan fingerprint density at radius 2 is 2.22 bits per heavy atom. The number of carbonyl (C=O) groups excluding carboxylic acids is 1. The second kappa shape index (κ2) is 4.29. The second-order valence-corrected chi connectivity index (χ2v) is 4.17. The Balaban J connectivity index is 2.50. The first-order chi connectivity index (χ1) is 8.43. The minimum Gasteiger partial charge on any atom is -0.478 e. The Hall–Kier alpha value is -2.11. The van der Waals surface area contributed by atoms with Crippen LogP contribution in [0.25, 0.3) is 0 Å². The summed E-state index contributed by atoms with van der Waals surface area (Å²) in [5, 5.41) is 8.88. The number of carbonyl (C=O) groups is 2. The standard InChI is InChI=1S/C12H12FNO4/c1-6-5-18-12(17)14(6)9-4-3-8(11(15)16)7(2)10(9)13/h3-4,6H,5H2,1-2H3,(H,15,16). The number of nitrogens with zero attached hydrogens (tertiary/aromatic N) is 1. The number of aromatic carboxylic acids is 1. The number of hydrogen-bond donors (Lipinski definition) is 1. The number of anilines is 1. The first-order valence-electron chi connectivity index (χ1n) is 5.42. The van der Waals surface area contributed by atoms with Gasteiger partial charge in [-0.3, -0.25) is 4.90 Å². The van der Waals surface area contributed by atoms with Crippen LogP contribution in [0.3, 0.4) is 0 Å². The van der Waals surface area contributed by atoms with Crippen LogP contribution in [0, 0.1) is 12.7 Å². The van der Waals surface area contributed by atoms with E-state index in [1.807, 2.05) is 0 Å². The average molecular weight is 253 g/mol. The Morgan fingerprint density at radius 1 is 1.56 bits per heavy atom. The molecular weight excluding hydrogens is 241 g/mol. The molecule has 5 nitrogen and oxygen atoms in total. The fourth-order valence-corrected chi connectivity index (χ4v) is 1.94. The Kier molecular flexibility index (Phi) is 2.94. The number of cyclic esters (lactones) is 1. The van der Waals surface area contributed by atoms with Gasteiger partial charge >= 0.3 is 12.1 Å². The molecule has 0 bridgehead atoms. The van der Waals surface area contributed by atoms with Crippen LogP contribution in [0.2, 0.25) is 0 Å². The van der Waals surface area contributed by atoms with E-state index < -0.39 is 17.9 Å². The molecule has 6 heteroatoms. The lowest BCUT2D eigenvalue weighted by Crippen LogP contribution is -2.32. The highest BCUT2D eigenvalue weighted by Gasteiger charge is 2.33. The molecule has 0 saturated carbocycles. The van der Waals surface area contributed by atoms with E-state index in [0.29, 0.717) is 0 Å². The van der Waals surface area contributed by atoms with Crippen LogP contribution in [0.1, 0.15) is 22.8 Å². The lowest BCUT2D eigenvalue weighted by atomic mass is 10.1. The average Bonchev–Trinajstić information content (AvgIpc) is 2.63. The van der Waals surface area contributed by atoms with Crippen LogP contribution in [0.4, 0.5) is 14.9 Å². The van der Waals surface area contributed by atoms with Crippen molar-refractivity contribution in [1.29, 1.82) is 0 Å². The third kappa shape index (κ3) is 1.79. The van der Waals surface area contributed by atoms with Gasteiger partial charge in [-0.2, -0.15) is 0 Å². The monoisotopic (exact) mass is 253 g/mol. The molecule has 0 radical (unpaired) electrons. The molecule has 1 aromatic carbocycles. The van der Waals surface area contributed by atoms with Crippen LogP contribution >= 0.6 is 0 Å². The molecule has 1 atom stereocenters. The van der Waals surface area contributed by atoms with Crippen molar-refractivity contribution in [3.8, 4) is 0 Å². The number of rotatable bonds is 2. The summed E-state index contributed by atoms with van der Waals surface area (Å²) in [6.07, 6.45) is -0.621. The molecule has 1 N–H and O–H groups in total. The lowest BCUT2D eigenvalue weighted by Gasteiger charge is -2.20. The largest absolute Gasteiger partial charge is 0.478 e. The van der Waals surface area contributed by atoms with E-state index in [1.165, 1.54) is 24.0 Å². The molecular formula is C12H12FNO4. The fraction of sp³-hybridized carbons (Fsp3) is 0.333. The molecule has 1 heterocycles. The van der Waals surface area contributed by atoms with Gasteiger partial charge in [-0.05, 0) is 26.0 Å². The van der Waals surface area contributed by atoms with Crippen molar-refractivity contribution < 1.29 is 23.8 Å². The zero-order chi connectivity index (χ0) is 13.4. The van der Waals surface area contributed by atoms with Gasteiger partial charge in [-0.25, -0.2) is 14.0 Å². The first kappa shape index (κ1) is 12.3. The summed E-state index contributed by atoms with van der Waals surface area (Å²) in [6.45, 7) is 3.29. The van der Waals surface area contributed by atoms with Gasteiger partial charge in [0.2, 0.25) is 0 Å². The van der Waals surface area contributed by atoms with E-state index in [9.17, 15) is 14.0 Å². The van der Waals surface area contributed by atoms with Crippen molar-refractivity contribution in [3.63, 3.8) is 0 Å². The molecule has 0 aromatic heterocycles. The van der Waals surface area contributed by atoms with Gasteiger partial charge in [0, 0.05) is 5.56 Å². The Labute approximate surface area is 103 Å². The van der Waals surface area contributed by atoms with Crippen molar-refractivity contribution >= 4 is 17.7 Å². The number of ether oxygens (including phenoxy) is 1. The summed E-state index contributed by atoms with van der Waals surface area (Å²) < 4.78 is 18.9. The van der Waals surface area contributed by atoms with Gasteiger partial charge in [0.25, 0.3) is 0 Å². The third-order valence-electron chi connectivity index (χ3n) is 2.94. The highest BCUT2D eigenvalue weighted by molar-refractivity contribution is 5.93. The quantitative estimate of drug-likeness (QED) is 0.877. The summed E-state index contributed by atoms with van der Waals surface area (Å²) in [5.41, 5.74) is -0.0594. The maximum Gasteiger partial charge on any atom is 0.414 e. The SMILES string of the molecule is Cc1c(C(=O)O)ccc(N2C(=O)OCC2C)c1F. The maximum absolute atomic E-state index is 14.1. The summed E-state index contributed by atoms with van der Waals surface area (Å²) in [4.78, 5) is 23.5. The smallest absolute Gasteiger partial charge is 0.414 e. The minimum atomic E-state index is -1.20. The molecule has 1 saturated heterocycles. The molecule has 1 amide bonds. The molecule has 0 aliphatic carbocycles. The number of halogens is 1. The van der Waals surface area contributed by atoms with Gasteiger partial charge in [-0.15, -0.1) is 0 Å². The van der Waals surface area contributed by atoms with Crippen LogP contribution in [0.5, 0.6) is 0 Å². The van der Waals surface area contributed by atoms with Gasteiger partial charge in [0.15, 0.2) is 5.82 Å². The molecule has 0 spiro atoms. The number of benzene rings is 1. The molecule has 1 aliphatic heterocycles. The topological polar surface area (TPSA) is 66.8 Å². The molecule has 1 aromatic rings. The maximum atomic E-state index is 14.1. The summed E-state index contributed by atoms with van der Waals surface area (Å²) in [5.74, 6) is -1.91. The Bertz CT molecular complexity index is 529. The number of amides is 1. The van der Waals surface area contributed by atoms with E-state index in [-0.39, 0.29) is 29.5 Å². The molecule has 18 heavy (non-hydrogen) atoms. The molecule has 1 fully saturated rings. The lowest BCUT2D eigenvalue weighted by molar-refractivity contribution is 0.0695. The molecule has 1 unspecified atom stereocenters. The van der Waals surface area contributed by atoms with E-state index in [0.717, 1.165) is 0 Å². The van der Waals surface area contributed by atoms with Gasteiger partial charge in [-0.1, -0.05) is 0 Å².